The quantitative estimate of drug-likeness (QED) is 0.744. The van der Waals surface area contributed by atoms with Gasteiger partial charge in [-0.15, -0.1) is 0 Å². The molecule has 2 aromatic heterocycles. The van der Waals surface area contributed by atoms with E-state index in [4.69, 9.17) is 10.2 Å². The van der Waals surface area contributed by atoms with Crippen molar-refractivity contribution >= 4 is 5.91 Å². The van der Waals surface area contributed by atoms with E-state index in [1.807, 2.05) is 12.1 Å². The van der Waals surface area contributed by atoms with E-state index < -0.39 is 5.91 Å². The predicted molar refractivity (Wildman–Crippen MR) is 109 cm³/mol. The minimum Gasteiger partial charge on any atom is -0.451 e. The molecule has 5 heteroatoms. The summed E-state index contributed by atoms with van der Waals surface area (Å²) in [7, 11) is 0. The van der Waals surface area contributed by atoms with Crippen molar-refractivity contribution in [1.29, 1.82) is 0 Å². The fraction of sp³-hybridized carbons (Fsp3) is 0.348. The summed E-state index contributed by atoms with van der Waals surface area (Å²) in [6.07, 6.45) is 4.80. The van der Waals surface area contributed by atoms with Crippen molar-refractivity contribution < 1.29 is 9.21 Å². The number of nitrogens with two attached hydrogens (primary N) is 1. The average molecular weight is 375 g/mol. The standard InChI is InChI=1S/C23H25N3O2/c1-15-22(16-9-12-25(15)13-10-16)26-11-3-6-19(26)17-4-2-5-18(14-17)20-7-8-21(28-20)23(24)27/h2-8,11,14-16,22H,9-10,12-13H2,1H3,(H2,24,27)/t15-,22-/m0/s1. The molecule has 28 heavy (non-hydrogen) atoms. The third kappa shape index (κ3) is 2.78. The Morgan fingerprint density at radius 3 is 2.57 bits per heavy atom. The van der Waals surface area contributed by atoms with Gasteiger partial charge in [-0.05, 0) is 74.7 Å². The van der Waals surface area contributed by atoms with Crippen LogP contribution >= 0.6 is 0 Å². The molecule has 3 saturated heterocycles. The third-order valence-corrected chi connectivity index (χ3v) is 6.52. The van der Waals surface area contributed by atoms with Gasteiger partial charge in [0.05, 0.1) is 6.04 Å². The molecule has 6 rings (SSSR count). The molecule has 1 aromatic carbocycles. The number of aromatic nitrogens is 1. The number of furan rings is 1. The highest BCUT2D eigenvalue weighted by Crippen LogP contribution is 2.42. The second kappa shape index (κ2) is 6.67. The molecule has 1 amide bonds. The maximum atomic E-state index is 11.3. The van der Waals surface area contributed by atoms with E-state index >= 15 is 0 Å². The van der Waals surface area contributed by atoms with Crippen LogP contribution in [0.15, 0.2) is 59.1 Å². The zero-order chi connectivity index (χ0) is 19.3. The number of piperidine rings is 3. The number of benzene rings is 1. The van der Waals surface area contributed by atoms with Crippen LogP contribution in [0.2, 0.25) is 0 Å². The Morgan fingerprint density at radius 1 is 1.07 bits per heavy atom. The molecule has 2 N–H and O–H groups in total. The van der Waals surface area contributed by atoms with E-state index in [1.165, 1.54) is 31.6 Å². The summed E-state index contributed by atoms with van der Waals surface area (Å²) in [6.45, 7) is 4.83. The summed E-state index contributed by atoms with van der Waals surface area (Å²) < 4.78 is 8.09. The molecule has 0 radical (unpaired) electrons. The molecule has 0 spiro atoms. The summed E-state index contributed by atoms with van der Waals surface area (Å²) in [6, 6.07) is 17.1. The van der Waals surface area contributed by atoms with Gasteiger partial charge in [0.2, 0.25) is 0 Å². The van der Waals surface area contributed by atoms with Gasteiger partial charge in [0.1, 0.15) is 5.76 Å². The predicted octanol–water partition coefficient (Wildman–Crippen LogP) is 4.17. The second-order valence-electron chi connectivity index (χ2n) is 8.01. The molecule has 3 aromatic rings. The van der Waals surface area contributed by atoms with Crippen LogP contribution in [0.5, 0.6) is 0 Å². The first-order valence-electron chi connectivity index (χ1n) is 10.0. The third-order valence-electron chi connectivity index (χ3n) is 6.52. The van der Waals surface area contributed by atoms with E-state index in [2.05, 4.69) is 46.9 Å². The monoisotopic (exact) mass is 375 g/mol. The number of amides is 1. The van der Waals surface area contributed by atoms with E-state index in [1.54, 1.807) is 12.1 Å². The van der Waals surface area contributed by atoms with Crippen molar-refractivity contribution in [2.45, 2.75) is 31.8 Å². The van der Waals surface area contributed by atoms with Crippen LogP contribution in [0, 0.1) is 5.92 Å². The Hall–Kier alpha value is -2.79. The molecule has 144 valence electrons. The van der Waals surface area contributed by atoms with Gasteiger partial charge in [0, 0.05) is 23.5 Å². The van der Waals surface area contributed by atoms with Crippen LogP contribution in [0.3, 0.4) is 0 Å². The number of rotatable bonds is 4. The van der Waals surface area contributed by atoms with Gasteiger partial charge in [0.15, 0.2) is 5.76 Å². The maximum absolute atomic E-state index is 11.3. The van der Waals surface area contributed by atoms with Gasteiger partial charge in [-0.3, -0.25) is 9.69 Å². The highest BCUT2D eigenvalue weighted by Gasteiger charge is 2.41. The Balaban J connectivity index is 1.51. The van der Waals surface area contributed by atoms with Crippen molar-refractivity contribution in [1.82, 2.24) is 9.47 Å². The molecule has 2 atom stereocenters. The van der Waals surface area contributed by atoms with Crippen LogP contribution < -0.4 is 5.73 Å². The van der Waals surface area contributed by atoms with E-state index in [0.717, 1.165) is 17.0 Å². The largest absolute Gasteiger partial charge is 0.451 e. The Labute approximate surface area is 164 Å². The minimum atomic E-state index is -0.549. The van der Waals surface area contributed by atoms with Crippen molar-refractivity contribution in [2.75, 3.05) is 13.1 Å². The van der Waals surface area contributed by atoms with Crippen molar-refractivity contribution in [3.05, 3.63) is 60.5 Å². The summed E-state index contributed by atoms with van der Waals surface area (Å²) in [5, 5.41) is 0. The first-order valence-corrected chi connectivity index (χ1v) is 10.0. The summed E-state index contributed by atoms with van der Waals surface area (Å²) in [5.41, 5.74) is 8.65. The Bertz CT molecular complexity index is 1010. The molecular formula is C23H25N3O2. The molecule has 0 unspecified atom stereocenters. The number of hydrogen-bond donors (Lipinski definition) is 1. The molecule has 0 aliphatic carbocycles. The van der Waals surface area contributed by atoms with Gasteiger partial charge in [0.25, 0.3) is 5.91 Å². The summed E-state index contributed by atoms with van der Waals surface area (Å²) in [5.74, 6) is 1.04. The van der Waals surface area contributed by atoms with Crippen LogP contribution in [0.25, 0.3) is 22.6 Å². The first-order chi connectivity index (χ1) is 13.6. The zero-order valence-electron chi connectivity index (χ0n) is 16.0. The topological polar surface area (TPSA) is 64.4 Å². The summed E-state index contributed by atoms with van der Waals surface area (Å²) >= 11 is 0. The molecule has 3 aliphatic rings. The highest BCUT2D eigenvalue weighted by atomic mass is 16.3. The molecule has 5 heterocycles. The van der Waals surface area contributed by atoms with Crippen molar-refractivity contribution in [2.24, 2.45) is 11.7 Å². The van der Waals surface area contributed by atoms with Crippen molar-refractivity contribution in [3.8, 4) is 22.6 Å². The Kier molecular flexibility index (Phi) is 4.13. The number of hydrogen-bond acceptors (Lipinski definition) is 3. The maximum Gasteiger partial charge on any atom is 0.284 e. The Morgan fingerprint density at radius 2 is 1.86 bits per heavy atom. The lowest BCUT2D eigenvalue weighted by Crippen LogP contribution is -2.53. The second-order valence-corrected chi connectivity index (χ2v) is 8.01. The number of fused-ring (bicyclic) bond motifs is 3. The van der Waals surface area contributed by atoms with Gasteiger partial charge in [-0.2, -0.15) is 0 Å². The average Bonchev–Trinajstić information content (AvgIpc) is 3.39. The van der Waals surface area contributed by atoms with Crippen molar-refractivity contribution in [3.63, 3.8) is 0 Å². The minimum absolute atomic E-state index is 0.185. The number of carbonyl (C=O) groups is 1. The van der Waals surface area contributed by atoms with Crippen LogP contribution in [-0.2, 0) is 0 Å². The molecule has 0 saturated carbocycles. The SMILES string of the molecule is C[C@H]1[C@H](n2cccc2-c2cccc(-c3ccc(C(N)=O)o3)c2)C2CCN1CC2. The van der Waals surface area contributed by atoms with Gasteiger partial charge in [-0.1, -0.05) is 18.2 Å². The smallest absolute Gasteiger partial charge is 0.284 e. The van der Waals surface area contributed by atoms with Crippen LogP contribution in [0.4, 0.5) is 0 Å². The van der Waals surface area contributed by atoms with E-state index in [-0.39, 0.29) is 5.76 Å². The molecular weight excluding hydrogens is 350 g/mol. The highest BCUT2D eigenvalue weighted by molar-refractivity contribution is 5.90. The van der Waals surface area contributed by atoms with E-state index in [9.17, 15) is 4.79 Å². The lowest BCUT2D eigenvalue weighted by Gasteiger charge is -2.50. The fourth-order valence-electron chi connectivity index (χ4n) is 5.09. The molecule has 3 aliphatic heterocycles. The normalized spacial score (nSPS) is 26.5. The summed E-state index contributed by atoms with van der Waals surface area (Å²) in [4.78, 5) is 14.0. The van der Waals surface area contributed by atoms with Gasteiger partial charge >= 0.3 is 0 Å². The first kappa shape index (κ1) is 17.3. The van der Waals surface area contributed by atoms with Gasteiger partial charge in [-0.25, -0.2) is 0 Å². The number of primary amides is 1. The number of carbonyl (C=O) groups excluding carboxylic acids is 1. The molecule has 3 fully saturated rings. The number of nitrogens with zero attached hydrogens (tertiary/aromatic N) is 2. The van der Waals surface area contributed by atoms with Crippen LogP contribution in [-0.4, -0.2) is 34.5 Å². The lowest BCUT2D eigenvalue weighted by atomic mass is 9.79. The van der Waals surface area contributed by atoms with Gasteiger partial charge < -0.3 is 14.7 Å². The molecule has 2 bridgehead atoms. The zero-order valence-corrected chi connectivity index (χ0v) is 16.0. The molecule has 5 nitrogen and oxygen atoms in total. The van der Waals surface area contributed by atoms with E-state index in [0.29, 0.717) is 17.8 Å². The lowest BCUT2D eigenvalue weighted by molar-refractivity contribution is 0.00690. The fourth-order valence-corrected chi connectivity index (χ4v) is 5.09. The van der Waals surface area contributed by atoms with Crippen LogP contribution in [0.1, 0.15) is 36.4 Å².